The summed E-state index contributed by atoms with van der Waals surface area (Å²) in [4.78, 5) is 27.2. The first-order chi connectivity index (χ1) is 19.1. The second-order valence-electron chi connectivity index (χ2n) is 9.86. The van der Waals surface area contributed by atoms with E-state index < -0.39 is 0 Å². The lowest BCUT2D eigenvalue weighted by molar-refractivity contribution is 0.0822. The van der Waals surface area contributed by atoms with Crippen LogP contribution in [0.5, 0.6) is 5.75 Å². The van der Waals surface area contributed by atoms with Gasteiger partial charge in [0.1, 0.15) is 29.6 Å². The molecule has 2 atom stereocenters. The second-order valence-corrected chi connectivity index (χ2v) is 10.3. The molecule has 5 rings (SSSR count). The Hall–Kier alpha value is -4.22. The van der Waals surface area contributed by atoms with Gasteiger partial charge in [0.05, 0.1) is 23.9 Å². The monoisotopic (exact) mass is 561 g/mol. The van der Waals surface area contributed by atoms with Gasteiger partial charge in [-0.15, -0.1) is 0 Å². The standard InChI is InChI=1S/C28H32ClN9O2/c1-7-40-25-18(12-19(29)15(2)22(25)17-8-9-21(31-13-17)28(39)36(4)5)16(3)38-27-23(26(30)32-14-33-27)24(35-38)20-10-11-37(6)34-20/h8-14,16,24,35H,7H2,1-6H3,(H2,30,32,33)/t16?,24-/m1/s1. The van der Waals surface area contributed by atoms with Crippen molar-refractivity contribution in [2.24, 2.45) is 7.05 Å². The molecule has 4 heterocycles. The third kappa shape index (κ3) is 4.71. The molecule has 0 aliphatic carbocycles. The number of fused-ring (bicyclic) bond motifs is 1. The summed E-state index contributed by atoms with van der Waals surface area (Å²) in [6.07, 6.45) is 5.02. The van der Waals surface area contributed by atoms with E-state index >= 15 is 0 Å². The number of hydrazine groups is 1. The van der Waals surface area contributed by atoms with Gasteiger partial charge in [-0.3, -0.25) is 19.5 Å². The molecule has 0 bridgehead atoms. The predicted octanol–water partition coefficient (Wildman–Crippen LogP) is 4.09. The highest BCUT2D eigenvalue weighted by Gasteiger charge is 2.38. The van der Waals surface area contributed by atoms with E-state index in [1.807, 2.05) is 57.2 Å². The van der Waals surface area contributed by atoms with Crippen LogP contribution in [-0.2, 0) is 7.05 Å². The average molecular weight is 562 g/mol. The predicted molar refractivity (Wildman–Crippen MR) is 154 cm³/mol. The number of nitrogens with zero attached hydrogens (tertiary/aromatic N) is 7. The highest BCUT2D eigenvalue weighted by molar-refractivity contribution is 6.32. The number of aromatic nitrogens is 5. The first-order valence-electron chi connectivity index (χ1n) is 12.9. The lowest BCUT2D eigenvalue weighted by Crippen LogP contribution is -2.37. The molecule has 4 aromatic rings. The molecule has 1 aromatic carbocycles. The zero-order valence-electron chi connectivity index (χ0n) is 23.3. The molecular formula is C28H32ClN9O2. The molecular weight excluding hydrogens is 530 g/mol. The molecule has 0 spiro atoms. The molecule has 40 heavy (non-hydrogen) atoms. The van der Waals surface area contributed by atoms with E-state index in [-0.39, 0.29) is 18.0 Å². The minimum atomic E-state index is -0.332. The Kier molecular flexibility index (Phi) is 7.35. The molecule has 208 valence electrons. The Labute approximate surface area is 237 Å². The van der Waals surface area contributed by atoms with Crippen molar-refractivity contribution < 1.29 is 9.53 Å². The summed E-state index contributed by atoms with van der Waals surface area (Å²) in [5, 5.41) is 7.13. The number of ether oxygens (including phenoxy) is 1. The molecule has 0 saturated carbocycles. The van der Waals surface area contributed by atoms with Crippen molar-refractivity contribution in [2.45, 2.75) is 32.9 Å². The van der Waals surface area contributed by atoms with E-state index in [0.29, 0.717) is 34.7 Å². The second kappa shape index (κ2) is 10.7. The van der Waals surface area contributed by atoms with Crippen molar-refractivity contribution in [1.82, 2.24) is 35.1 Å². The lowest BCUT2D eigenvalue weighted by atomic mass is 9.94. The smallest absolute Gasteiger partial charge is 0.271 e. The van der Waals surface area contributed by atoms with Crippen molar-refractivity contribution in [2.75, 3.05) is 31.4 Å². The van der Waals surface area contributed by atoms with Gasteiger partial charge in [-0.1, -0.05) is 17.7 Å². The van der Waals surface area contributed by atoms with Crippen LogP contribution in [0.3, 0.4) is 0 Å². The van der Waals surface area contributed by atoms with Crippen molar-refractivity contribution in [1.29, 1.82) is 0 Å². The van der Waals surface area contributed by atoms with Crippen molar-refractivity contribution in [3.63, 3.8) is 0 Å². The number of anilines is 2. The number of pyridine rings is 1. The number of nitrogens with one attached hydrogen (secondary N) is 1. The van der Waals surface area contributed by atoms with Gasteiger partial charge in [-0.05, 0) is 44.5 Å². The zero-order chi connectivity index (χ0) is 28.7. The van der Waals surface area contributed by atoms with Gasteiger partial charge in [0.25, 0.3) is 5.91 Å². The summed E-state index contributed by atoms with van der Waals surface area (Å²) in [7, 11) is 5.26. The molecule has 0 fully saturated rings. The molecule has 3 aromatic heterocycles. The normalized spacial score (nSPS) is 15.2. The number of hydrogen-bond acceptors (Lipinski definition) is 9. The van der Waals surface area contributed by atoms with Gasteiger partial charge in [0.2, 0.25) is 0 Å². The Morgan fingerprint density at radius 3 is 2.65 bits per heavy atom. The number of amides is 1. The number of carbonyl (C=O) groups is 1. The summed E-state index contributed by atoms with van der Waals surface area (Å²) in [5.41, 5.74) is 15.1. The highest BCUT2D eigenvalue weighted by atomic mass is 35.5. The van der Waals surface area contributed by atoms with Crippen LogP contribution < -0.4 is 20.9 Å². The summed E-state index contributed by atoms with van der Waals surface area (Å²) in [6, 6.07) is 6.82. The van der Waals surface area contributed by atoms with E-state index in [0.717, 1.165) is 33.5 Å². The van der Waals surface area contributed by atoms with Crippen molar-refractivity contribution in [3.05, 3.63) is 76.1 Å². The minimum absolute atomic E-state index is 0.170. The number of rotatable bonds is 7. The van der Waals surface area contributed by atoms with E-state index in [9.17, 15) is 4.79 Å². The van der Waals surface area contributed by atoms with Crippen LogP contribution in [0, 0.1) is 6.92 Å². The molecule has 0 radical (unpaired) electrons. The summed E-state index contributed by atoms with van der Waals surface area (Å²) < 4.78 is 8.04. The Bertz CT molecular complexity index is 1570. The van der Waals surface area contributed by atoms with Crippen LogP contribution in [0.15, 0.2) is 43.0 Å². The van der Waals surface area contributed by atoms with Gasteiger partial charge < -0.3 is 15.4 Å². The van der Waals surface area contributed by atoms with Crippen molar-refractivity contribution >= 4 is 29.1 Å². The summed E-state index contributed by atoms with van der Waals surface area (Å²) >= 11 is 6.83. The Morgan fingerprint density at radius 1 is 1.25 bits per heavy atom. The number of carbonyl (C=O) groups excluding carboxylic acids is 1. The molecule has 1 unspecified atom stereocenters. The number of nitrogens with two attached hydrogens (primary N) is 1. The van der Waals surface area contributed by atoms with E-state index in [2.05, 4.69) is 25.5 Å². The SMILES string of the molecule is CCOc1c(C(C)N2N[C@H](c3ccn(C)n3)c3c(N)ncnc32)cc(Cl)c(C)c1-c1ccc(C(=O)N(C)C)nc1. The fourth-order valence-electron chi connectivity index (χ4n) is 4.97. The first kappa shape index (κ1) is 27.4. The average Bonchev–Trinajstić information content (AvgIpc) is 3.54. The summed E-state index contributed by atoms with van der Waals surface area (Å²) in [5.74, 6) is 1.55. The maximum absolute atomic E-state index is 12.4. The summed E-state index contributed by atoms with van der Waals surface area (Å²) in [6.45, 7) is 6.37. The van der Waals surface area contributed by atoms with Gasteiger partial charge in [-0.25, -0.2) is 15.4 Å². The van der Waals surface area contributed by atoms with Crippen LogP contribution in [0.2, 0.25) is 5.02 Å². The van der Waals surface area contributed by atoms with Crippen LogP contribution in [0.25, 0.3) is 11.1 Å². The molecule has 3 N–H and O–H groups in total. The molecule has 1 aliphatic heterocycles. The van der Waals surface area contributed by atoms with Crippen LogP contribution in [0.1, 0.15) is 58.8 Å². The highest BCUT2D eigenvalue weighted by Crippen LogP contribution is 2.47. The maximum Gasteiger partial charge on any atom is 0.271 e. The van der Waals surface area contributed by atoms with Gasteiger partial charge >= 0.3 is 0 Å². The number of halogens is 1. The van der Waals surface area contributed by atoms with E-state index in [1.54, 1.807) is 31.0 Å². The third-order valence-corrected chi connectivity index (χ3v) is 7.41. The number of hydrogen-bond donors (Lipinski definition) is 2. The Balaban J connectivity index is 1.61. The lowest BCUT2D eigenvalue weighted by Gasteiger charge is -2.30. The fraction of sp³-hybridized carbons (Fsp3) is 0.321. The van der Waals surface area contributed by atoms with Crippen LogP contribution in [0.4, 0.5) is 11.6 Å². The maximum atomic E-state index is 12.4. The quantitative estimate of drug-likeness (QED) is 0.343. The van der Waals surface area contributed by atoms with Gasteiger partial charge in [0.15, 0.2) is 5.82 Å². The molecule has 12 heteroatoms. The molecule has 1 aliphatic rings. The Morgan fingerprint density at radius 2 is 2.02 bits per heavy atom. The molecule has 1 amide bonds. The van der Waals surface area contributed by atoms with Crippen LogP contribution in [-0.4, -0.2) is 56.2 Å². The number of benzene rings is 1. The first-order valence-corrected chi connectivity index (χ1v) is 13.3. The van der Waals surface area contributed by atoms with Crippen LogP contribution >= 0.6 is 11.6 Å². The molecule has 0 saturated heterocycles. The number of aryl methyl sites for hydroxylation is 1. The van der Waals surface area contributed by atoms with Gasteiger partial charge in [0, 0.05) is 55.2 Å². The van der Waals surface area contributed by atoms with Gasteiger partial charge in [-0.2, -0.15) is 5.10 Å². The topological polar surface area (TPSA) is 127 Å². The fourth-order valence-corrected chi connectivity index (χ4v) is 5.18. The zero-order valence-corrected chi connectivity index (χ0v) is 24.1. The largest absolute Gasteiger partial charge is 0.493 e. The number of nitrogen functional groups attached to an aromatic ring is 1. The van der Waals surface area contributed by atoms with E-state index in [4.69, 9.17) is 22.1 Å². The molecule has 11 nitrogen and oxygen atoms in total. The van der Waals surface area contributed by atoms with E-state index in [1.165, 1.54) is 11.2 Å². The van der Waals surface area contributed by atoms with Crippen molar-refractivity contribution in [3.8, 4) is 16.9 Å². The minimum Gasteiger partial charge on any atom is -0.493 e. The third-order valence-electron chi connectivity index (χ3n) is 7.02.